The van der Waals surface area contributed by atoms with Crippen molar-refractivity contribution in [3.05, 3.63) is 29.8 Å². The van der Waals surface area contributed by atoms with E-state index in [1.165, 1.54) is 12.1 Å². The zero-order chi connectivity index (χ0) is 16.2. The molecule has 0 unspecified atom stereocenters. The standard InChI is InChI=1S/C16H23F3N2O/c1-21(2)14-8-6-13(7-9-14)20-11-12-4-3-5-15(10-12)22-16(17,18)19/h3-5,10,13-14,20H,6-9,11H2,1-2H3. The monoisotopic (exact) mass is 316 g/mol. The summed E-state index contributed by atoms with van der Waals surface area (Å²) in [6.45, 7) is 0.562. The van der Waals surface area contributed by atoms with E-state index in [0.717, 1.165) is 31.2 Å². The molecule has 1 aromatic rings. The van der Waals surface area contributed by atoms with Crippen LogP contribution >= 0.6 is 0 Å². The van der Waals surface area contributed by atoms with Gasteiger partial charge < -0.3 is 15.0 Å². The number of hydrogen-bond acceptors (Lipinski definition) is 3. The van der Waals surface area contributed by atoms with Crippen LogP contribution in [0.4, 0.5) is 13.2 Å². The van der Waals surface area contributed by atoms with E-state index in [2.05, 4.69) is 29.0 Å². The van der Waals surface area contributed by atoms with Crippen LogP contribution in [0.3, 0.4) is 0 Å². The summed E-state index contributed by atoms with van der Waals surface area (Å²) in [4.78, 5) is 2.26. The van der Waals surface area contributed by atoms with Crippen molar-refractivity contribution in [1.82, 2.24) is 10.2 Å². The van der Waals surface area contributed by atoms with Gasteiger partial charge in [0.05, 0.1) is 0 Å². The van der Waals surface area contributed by atoms with Crippen molar-refractivity contribution in [2.24, 2.45) is 0 Å². The molecule has 0 amide bonds. The van der Waals surface area contributed by atoms with Crippen LogP contribution in [0.25, 0.3) is 0 Å². The number of halogens is 3. The predicted molar refractivity (Wildman–Crippen MR) is 79.7 cm³/mol. The Labute approximate surface area is 129 Å². The predicted octanol–water partition coefficient (Wildman–Crippen LogP) is 3.55. The molecule has 124 valence electrons. The van der Waals surface area contributed by atoms with E-state index < -0.39 is 6.36 Å². The van der Waals surface area contributed by atoms with Crippen LogP contribution < -0.4 is 10.1 Å². The third-order valence-electron chi connectivity index (χ3n) is 4.15. The van der Waals surface area contributed by atoms with Gasteiger partial charge in [-0.1, -0.05) is 12.1 Å². The fourth-order valence-electron chi connectivity index (χ4n) is 2.91. The Morgan fingerprint density at radius 2 is 1.86 bits per heavy atom. The Kier molecular flexibility index (Phi) is 5.69. The smallest absolute Gasteiger partial charge is 0.406 e. The number of nitrogens with one attached hydrogen (secondary N) is 1. The normalized spacial score (nSPS) is 22.8. The Hall–Kier alpha value is -1.27. The molecule has 1 fully saturated rings. The molecule has 1 aliphatic carbocycles. The molecule has 0 spiro atoms. The van der Waals surface area contributed by atoms with Crippen LogP contribution in [0.1, 0.15) is 31.2 Å². The van der Waals surface area contributed by atoms with Gasteiger partial charge in [-0.2, -0.15) is 0 Å². The topological polar surface area (TPSA) is 24.5 Å². The fraction of sp³-hybridized carbons (Fsp3) is 0.625. The Balaban J connectivity index is 1.81. The van der Waals surface area contributed by atoms with Crippen molar-refractivity contribution >= 4 is 0 Å². The van der Waals surface area contributed by atoms with E-state index in [1.54, 1.807) is 6.07 Å². The van der Waals surface area contributed by atoms with Gasteiger partial charge in [0.15, 0.2) is 0 Å². The quantitative estimate of drug-likeness (QED) is 0.899. The summed E-state index contributed by atoms with van der Waals surface area (Å²) in [6.07, 6.45) is -0.135. The summed E-state index contributed by atoms with van der Waals surface area (Å²) < 4.78 is 40.6. The van der Waals surface area contributed by atoms with Gasteiger partial charge in [0, 0.05) is 18.6 Å². The molecule has 0 heterocycles. The molecule has 0 aromatic heterocycles. The van der Waals surface area contributed by atoms with Crippen molar-refractivity contribution in [1.29, 1.82) is 0 Å². The molecule has 1 aliphatic rings. The number of benzene rings is 1. The average Bonchev–Trinajstić information content (AvgIpc) is 2.44. The summed E-state index contributed by atoms with van der Waals surface area (Å²) in [7, 11) is 4.20. The largest absolute Gasteiger partial charge is 0.573 e. The summed E-state index contributed by atoms with van der Waals surface area (Å²) in [5.41, 5.74) is 0.802. The minimum absolute atomic E-state index is 0.164. The van der Waals surface area contributed by atoms with E-state index in [4.69, 9.17) is 0 Å². The first-order chi connectivity index (χ1) is 10.3. The molecule has 0 atom stereocenters. The summed E-state index contributed by atoms with van der Waals surface area (Å²) >= 11 is 0. The minimum Gasteiger partial charge on any atom is -0.406 e. The van der Waals surface area contributed by atoms with Gasteiger partial charge in [-0.3, -0.25) is 0 Å². The van der Waals surface area contributed by atoms with Crippen LogP contribution in [0.15, 0.2) is 24.3 Å². The summed E-state index contributed by atoms with van der Waals surface area (Å²) in [6, 6.07) is 7.22. The fourth-order valence-corrected chi connectivity index (χ4v) is 2.91. The summed E-state index contributed by atoms with van der Waals surface area (Å²) in [5.74, 6) is -0.164. The Morgan fingerprint density at radius 3 is 2.45 bits per heavy atom. The molecule has 0 aliphatic heterocycles. The number of rotatable bonds is 5. The molecule has 0 radical (unpaired) electrons. The van der Waals surface area contributed by atoms with Gasteiger partial charge in [0.2, 0.25) is 0 Å². The molecular formula is C16H23F3N2O. The number of nitrogens with zero attached hydrogens (tertiary/aromatic N) is 1. The van der Waals surface area contributed by atoms with Crippen molar-refractivity contribution < 1.29 is 17.9 Å². The lowest BCUT2D eigenvalue weighted by Gasteiger charge is -2.33. The average molecular weight is 316 g/mol. The van der Waals surface area contributed by atoms with Crippen molar-refractivity contribution in [3.8, 4) is 5.75 Å². The molecule has 0 bridgehead atoms. The molecular weight excluding hydrogens is 293 g/mol. The minimum atomic E-state index is -4.64. The van der Waals surface area contributed by atoms with E-state index >= 15 is 0 Å². The van der Waals surface area contributed by atoms with Gasteiger partial charge in [0.1, 0.15) is 5.75 Å². The van der Waals surface area contributed by atoms with E-state index in [-0.39, 0.29) is 5.75 Å². The third-order valence-corrected chi connectivity index (χ3v) is 4.15. The first kappa shape index (κ1) is 17.1. The van der Waals surface area contributed by atoms with Gasteiger partial charge in [-0.05, 0) is 57.5 Å². The second-order valence-corrected chi connectivity index (χ2v) is 6.05. The van der Waals surface area contributed by atoms with Gasteiger partial charge in [0.25, 0.3) is 0 Å². The highest BCUT2D eigenvalue weighted by atomic mass is 19.4. The van der Waals surface area contributed by atoms with Crippen LogP contribution in [0.5, 0.6) is 5.75 Å². The third kappa shape index (κ3) is 5.50. The molecule has 3 nitrogen and oxygen atoms in total. The molecule has 1 saturated carbocycles. The lowest BCUT2D eigenvalue weighted by atomic mass is 9.90. The summed E-state index contributed by atoms with van der Waals surface area (Å²) in [5, 5.41) is 3.43. The molecule has 0 saturated heterocycles. The maximum atomic E-state index is 12.2. The van der Waals surface area contributed by atoms with Gasteiger partial charge in [-0.25, -0.2) is 0 Å². The second-order valence-electron chi connectivity index (χ2n) is 6.05. The molecule has 2 rings (SSSR count). The molecule has 6 heteroatoms. The maximum absolute atomic E-state index is 12.2. The molecule has 1 N–H and O–H groups in total. The van der Waals surface area contributed by atoms with Crippen molar-refractivity contribution in [3.63, 3.8) is 0 Å². The SMILES string of the molecule is CN(C)C1CCC(NCc2cccc(OC(F)(F)F)c2)CC1. The number of ether oxygens (including phenoxy) is 1. The molecule has 1 aromatic carbocycles. The lowest BCUT2D eigenvalue weighted by Crippen LogP contribution is -2.39. The zero-order valence-corrected chi connectivity index (χ0v) is 13.0. The highest BCUT2D eigenvalue weighted by molar-refractivity contribution is 5.28. The van der Waals surface area contributed by atoms with Gasteiger partial charge >= 0.3 is 6.36 Å². The first-order valence-electron chi connectivity index (χ1n) is 7.58. The number of alkyl halides is 3. The Morgan fingerprint density at radius 1 is 1.18 bits per heavy atom. The lowest BCUT2D eigenvalue weighted by molar-refractivity contribution is -0.274. The van der Waals surface area contributed by atoms with Crippen LogP contribution in [-0.4, -0.2) is 37.4 Å². The van der Waals surface area contributed by atoms with E-state index in [1.807, 2.05) is 6.07 Å². The van der Waals surface area contributed by atoms with E-state index in [0.29, 0.717) is 18.6 Å². The van der Waals surface area contributed by atoms with Crippen LogP contribution in [0, 0.1) is 0 Å². The van der Waals surface area contributed by atoms with Gasteiger partial charge in [-0.15, -0.1) is 13.2 Å². The highest BCUT2D eigenvalue weighted by Crippen LogP contribution is 2.24. The maximum Gasteiger partial charge on any atom is 0.573 e. The van der Waals surface area contributed by atoms with Crippen molar-refractivity contribution in [2.45, 2.75) is 50.7 Å². The Bertz CT molecular complexity index is 469. The number of hydrogen-bond donors (Lipinski definition) is 1. The zero-order valence-electron chi connectivity index (χ0n) is 13.0. The van der Waals surface area contributed by atoms with E-state index in [9.17, 15) is 13.2 Å². The van der Waals surface area contributed by atoms with Crippen molar-refractivity contribution in [2.75, 3.05) is 14.1 Å². The second kappa shape index (κ2) is 7.33. The first-order valence-corrected chi connectivity index (χ1v) is 7.58. The molecule has 22 heavy (non-hydrogen) atoms. The van der Waals surface area contributed by atoms with Crippen LogP contribution in [-0.2, 0) is 6.54 Å². The highest BCUT2D eigenvalue weighted by Gasteiger charge is 2.31. The van der Waals surface area contributed by atoms with Crippen LogP contribution in [0.2, 0.25) is 0 Å².